The Morgan fingerprint density at radius 2 is 1.89 bits per heavy atom. The van der Waals surface area contributed by atoms with Crippen molar-refractivity contribution in [2.75, 3.05) is 6.61 Å². The van der Waals surface area contributed by atoms with Gasteiger partial charge in [0.05, 0.1) is 12.6 Å². The summed E-state index contributed by atoms with van der Waals surface area (Å²) in [7, 11) is 0. The van der Waals surface area contributed by atoms with Gasteiger partial charge in [0.25, 0.3) is 5.91 Å². The molecule has 2 N–H and O–H groups in total. The van der Waals surface area contributed by atoms with Crippen molar-refractivity contribution < 1.29 is 32.3 Å². The van der Waals surface area contributed by atoms with Crippen molar-refractivity contribution in [1.29, 1.82) is 0 Å². The van der Waals surface area contributed by atoms with Gasteiger partial charge in [-0.2, -0.15) is 0 Å². The van der Waals surface area contributed by atoms with E-state index in [1.807, 2.05) is 0 Å². The highest BCUT2D eigenvalue weighted by atomic mass is 19.3. The zero-order valence-corrected chi connectivity index (χ0v) is 19.5. The van der Waals surface area contributed by atoms with E-state index in [9.17, 15) is 23.2 Å². The molecule has 2 saturated heterocycles. The number of alkyl halides is 2. The Bertz CT molecular complexity index is 1020. The molecule has 0 bridgehead atoms. The summed E-state index contributed by atoms with van der Waals surface area (Å²) in [4.78, 5) is 37.9. The first-order valence-electron chi connectivity index (χ1n) is 12.4. The molecule has 1 aromatic rings. The van der Waals surface area contributed by atoms with Gasteiger partial charge in [-0.1, -0.05) is 6.07 Å². The number of rotatable bonds is 5. The number of piperidine rings is 1. The second kappa shape index (κ2) is 9.54. The minimum atomic E-state index is -2.59. The third kappa shape index (κ3) is 4.95. The lowest BCUT2D eigenvalue weighted by molar-refractivity contribution is -0.136. The zero-order valence-electron chi connectivity index (χ0n) is 19.5. The average Bonchev–Trinajstić information content (AvgIpc) is 3.15. The Labute approximate surface area is 201 Å². The lowest BCUT2D eigenvalue weighted by Crippen LogP contribution is -2.52. The summed E-state index contributed by atoms with van der Waals surface area (Å²) in [5.74, 6) is -4.39. The van der Waals surface area contributed by atoms with Crippen LogP contribution in [0.3, 0.4) is 0 Å². The van der Waals surface area contributed by atoms with E-state index in [0.717, 1.165) is 12.8 Å². The fourth-order valence-electron chi connectivity index (χ4n) is 5.77. The molecule has 0 radical (unpaired) electrons. The van der Waals surface area contributed by atoms with Crippen LogP contribution in [0.15, 0.2) is 12.1 Å². The molecule has 0 unspecified atom stereocenters. The van der Waals surface area contributed by atoms with Crippen molar-refractivity contribution in [3.05, 3.63) is 34.6 Å². The van der Waals surface area contributed by atoms with Gasteiger partial charge in [-0.3, -0.25) is 19.7 Å². The van der Waals surface area contributed by atoms with Gasteiger partial charge in [0.1, 0.15) is 11.9 Å². The third-order valence-corrected chi connectivity index (χ3v) is 7.76. The molecule has 1 saturated carbocycles. The summed E-state index contributed by atoms with van der Waals surface area (Å²) in [6.45, 7) is 0.531. The number of nitrogens with one attached hydrogen (secondary N) is 2. The van der Waals surface area contributed by atoms with Gasteiger partial charge in [-0.15, -0.1) is 0 Å². The average molecular weight is 494 g/mol. The quantitative estimate of drug-likeness (QED) is 0.616. The van der Waals surface area contributed by atoms with Crippen LogP contribution < -0.4 is 10.6 Å². The van der Waals surface area contributed by atoms with E-state index in [-0.39, 0.29) is 67.4 Å². The normalized spacial score (nSPS) is 29.3. The van der Waals surface area contributed by atoms with Crippen LogP contribution >= 0.6 is 0 Å². The van der Waals surface area contributed by atoms with Crippen LogP contribution in [-0.4, -0.2) is 59.4 Å². The Balaban J connectivity index is 1.28. The fraction of sp³-hybridized carbons (Fsp3) is 0.640. The number of benzene rings is 1. The first-order valence-corrected chi connectivity index (χ1v) is 12.4. The molecule has 3 atom stereocenters. The number of carbonyl (C=O) groups is 3. The summed E-state index contributed by atoms with van der Waals surface area (Å²) in [5.41, 5.74) is 0.918. The molecule has 3 amide bonds. The molecule has 4 aliphatic rings. The van der Waals surface area contributed by atoms with E-state index in [4.69, 9.17) is 4.74 Å². The van der Waals surface area contributed by atoms with Crippen molar-refractivity contribution in [2.24, 2.45) is 0 Å². The Kier molecular flexibility index (Phi) is 6.61. The molecule has 1 aliphatic carbocycles. The number of hydrogen-bond donors (Lipinski definition) is 2. The Morgan fingerprint density at radius 3 is 2.63 bits per heavy atom. The molecule has 3 heterocycles. The Morgan fingerprint density at radius 1 is 1.11 bits per heavy atom. The summed E-state index contributed by atoms with van der Waals surface area (Å²) in [5, 5.41) is 5.73. The number of halogens is 3. The van der Waals surface area contributed by atoms with E-state index < -0.39 is 29.6 Å². The monoisotopic (exact) mass is 493 g/mol. The largest absolute Gasteiger partial charge is 0.376 e. The molecule has 1 aromatic carbocycles. The summed E-state index contributed by atoms with van der Waals surface area (Å²) >= 11 is 0. The van der Waals surface area contributed by atoms with Crippen molar-refractivity contribution in [3.8, 4) is 0 Å². The molecule has 0 aromatic heterocycles. The number of fused-ring (bicyclic) bond motifs is 1. The SMILES string of the molecule is O=C1CC[C@@H](N2Cc3c(ccc(C[C@H]4OCCC[C@@H]4NC4CCC(F)(F)CC4)c3F)C2=O)C(=O)N1. The van der Waals surface area contributed by atoms with E-state index in [1.165, 1.54) is 4.90 Å². The van der Waals surface area contributed by atoms with Gasteiger partial charge < -0.3 is 15.0 Å². The number of nitrogens with zero attached hydrogens (tertiary/aromatic N) is 1. The molecule has 7 nitrogen and oxygen atoms in total. The highest BCUT2D eigenvalue weighted by Crippen LogP contribution is 2.35. The second-order valence-electron chi connectivity index (χ2n) is 10.1. The molecule has 35 heavy (non-hydrogen) atoms. The second-order valence-corrected chi connectivity index (χ2v) is 10.1. The van der Waals surface area contributed by atoms with Gasteiger partial charge in [-0.05, 0) is 43.7 Å². The van der Waals surface area contributed by atoms with Crippen LogP contribution in [0.4, 0.5) is 13.2 Å². The van der Waals surface area contributed by atoms with Gasteiger partial charge in [0.15, 0.2) is 0 Å². The minimum absolute atomic E-state index is 0.00612. The van der Waals surface area contributed by atoms with Crippen molar-refractivity contribution in [1.82, 2.24) is 15.5 Å². The third-order valence-electron chi connectivity index (χ3n) is 7.76. The van der Waals surface area contributed by atoms with Gasteiger partial charge >= 0.3 is 0 Å². The smallest absolute Gasteiger partial charge is 0.255 e. The number of imide groups is 1. The lowest BCUT2D eigenvalue weighted by Gasteiger charge is -2.37. The van der Waals surface area contributed by atoms with Crippen LogP contribution in [0.25, 0.3) is 0 Å². The first kappa shape index (κ1) is 24.2. The lowest BCUT2D eigenvalue weighted by atomic mass is 9.89. The van der Waals surface area contributed by atoms with Gasteiger partial charge in [0, 0.05) is 55.5 Å². The molecule has 0 spiro atoms. The number of ether oxygens (including phenoxy) is 1. The molecular weight excluding hydrogens is 463 g/mol. The van der Waals surface area contributed by atoms with Crippen LogP contribution in [0, 0.1) is 5.82 Å². The molecular formula is C25H30F3N3O4. The van der Waals surface area contributed by atoms with Crippen LogP contribution in [-0.2, 0) is 27.3 Å². The minimum Gasteiger partial charge on any atom is -0.376 e. The highest BCUT2D eigenvalue weighted by Gasteiger charge is 2.41. The van der Waals surface area contributed by atoms with Crippen molar-refractivity contribution >= 4 is 17.7 Å². The maximum Gasteiger partial charge on any atom is 0.255 e. The molecule has 10 heteroatoms. The van der Waals surface area contributed by atoms with Gasteiger partial charge in [0.2, 0.25) is 17.7 Å². The topological polar surface area (TPSA) is 87.7 Å². The van der Waals surface area contributed by atoms with E-state index in [1.54, 1.807) is 12.1 Å². The first-order chi connectivity index (χ1) is 16.7. The van der Waals surface area contributed by atoms with E-state index in [2.05, 4.69) is 10.6 Å². The molecule has 3 aliphatic heterocycles. The van der Waals surface area contributed by atoms with Crippen LogP contribution in [0.2, 0.25) is 0 Å². The maximum absolute atomic E-state index is 15.6. The summed E-state index contributed by atoms with van der Waals surface area (Å²) in [6, 6.07) is 2.32. The van der Waals surface area contributed by atoms with E-state index >= 15 is 4.39 Å². The molecule has 3 fully saturated rings. The van der Waals surface area contributed by atoms with Crippen molar-refractivity contribution in [3.63, 3.8) is 0 Å². The number of amides is 3. The fourth-order valence-corrected chi connectivity index (χ4v) is 5.77. The molecule has 190 valence electrons. The standard InChI is InChI=1S/C25H30F3N3O4/c26-22-14(12-20-18(2-1-11-35-20)29-15-7-9-25(27,28)10-8-15)3-4-16-17(22)13-31(24(16)34)19-5-6-21(32)30-23(19)33/h3-4,15,18-20,29H,1-2,5-13H2,(H,30,32,33)/t18-,19+,20+/m0/s1. The van der Waals surface area contributed by atoms with Crippen LogP contribution in [0.1, 0.15) is 72.9 Å². The number of carbonyl (C=O) groups excluding carboxylic acids is 3. The Hall–Kier alpha value is -2.46. The predicted octanol–water partition coefficient (Wildman–Crippen LogP) is 2.84. The van der Waals surface area contributed by atoms with Crippen LogP contribution in [0.5, 0.6) is 0 Å². The highest BCUT2D eigenvalue weighted by molar-refractivity contribution is 6.05. The van der Waals surface area contributed by atoms with Gasteiger partial charge in [-0.25, -0.2) is 13.2 Å². The van der Waals surface area contributed by atoms with Crippen molar-refractivity contribution in [2.45, 2.75) is 94.5 Å². The summed E-state index contributed by atoms with van der Waals surface area (Å²) in [6.07, 6.45) is 2.58. The number of hydrogen-bond acceptors (Lipinski definition) is 5. The zero-order chi connectivity index (χ0) is 24.7. The predicted molar refractivity (Wildman–Crippen MR) is 119 cm³/mol. The summed E-state index contributed by atoms with van der Waals surface area (Å²) < 4.78 is 48.6. The van der Waals surface area contributed by atoms with E-state index in [0.29, 0.717) is 31.4 Å². The maximum atomic E-state index is 15.6. The molecule has 5 rings (SSSR count).